The standard InChI is InChI=1S/C23H27N5O4/c29-22(18-12-19-23(30)27(14-16-1-2-16)9-10-28(19)24-18)26-7-5-25(6-8-26)13-17-3-4-20-21(11-17)32-15-31-20/h3-4,11-12,16H,1-2,5-10,13-15H2. The van der Waals surface area contributed by atoms with Gasteiger partial charge in [0.1, 0.15) is 5.69 Å². The van der Waals surface area contributed by atoms with Crippen LogP contribution < -0.4 is 9.47 Å². The van der Waals surface area contributed by atoms with Gasteiger partial charge in [0.2, 0.25) is 6.79 Å². The van der Waals surface area contributed by atoms with Gasteiger partial charge in [0.15, 0.2) is 17.2 Å². The number of amides is 2. The number of rotatable bonds is 5. The summed E-state index contributed by atoms with van der Waals surface area (Å²) in [6.07, 6.45) is 2.43. The van der Waals surface area contributed by atoms with Crippen molar-refractivity contribution in [2.24, 2.45) is 5.92 Å². The molecule has 1 saturated carbocycles. The van der Waals surface area contributed by atoms with Gasteiger partial charge in [-0.1, -0.05) is 6.07 Å². The molecule has 6 rings (SSSR count). The molecule has 1 aromatic heterocycles. The summed E-state index contributed by atoms with van der Waals surface area (Å²) < 4.78 is 12.5. The molecule has 2 amide bonds. The Bertz CT molecular complexity index is 1050. The molecule has 1 aromatic carbocycles. The molecule has 0 unspecified atom stereocenters. The number of piperazine rings is 1. The van der Waals surface area contributed by atoms with Crippen LogP contribution in [-0.4, -0.2) is 82.4 Å². The molecule has 0 spiro atoms. The van der Waals surface area contributed by atoms with Crippen molar-refractivity contribution < 1.29 is 19.1 Å². The zero-order valence-corrected chi connectivity index (χ0v) is 18.0. The highest BCUT2D eigenvalue weighted by Crippen LogP contribution is 2.33. The number of hydrogen-bond donors (Lipinski definition) is 0. The maximum absolute atomic E-state index is 13.1. The molecule has 9 nitrogen and oxygen atoms in total. The lowest BCUT2D eigenvalue weighted by Gasteiger charge is -2.34. The van der Waals surface area contributed by atoms with E-state index < -0.39 is 0 Å². The van der Waals surface area contributed by atoms with Crippen molar-refractivity contribution in [1.82, 2.24) is 24.5 Å². The number of fused-ring (bicyclic) bond motifs is 2. The molecule has 0 atom stereocenters. The number of carbonyl (C=O) groups excluding carboxylic acids is 2. The van der Waals surface area contributed by atoms with E-state index in [0.29, 0.717) is 43.5 Å². The van der Waals surface area contributed by atoms with Gasteiger partial charge >= 0.3 is 0 Å². The first kappa shape index (κ1) is 19.6. The molecule has 4 heterocycles. The van der Waals surface area contributed by atoms with Gasteiger partial charge in [0.05, 0.1) is 6.54 Å². The van der Waals surface area contributed by atoms with E-state index >= 15 is 0 Å². The van der Waals surface area contributed by atoms with Gasteiger partial charge in [-0.05, 0) is 36.5 Å². The lowest BCUT2D eigenvalue weighted by molar-refractivity contribution is 0.0619. The van der Waals surface area contributed by atoms with Gasteiger partial charge < -0.3 is 19.3 Å². The Labute approximate surface area is 186 Å². The highest BCUT2D eigenvalue weighted by molar-refractivity contribution is 5.98. The van der Waals surface area contributed by atoms with E-state index in [0.717, 1.165) is 37.7 Å². The number of ether oxygens (including phenoxy) is 2. The van der Waals surface area contributed by atoms with Crippen LogP contribution in [0.25, 0.3) is 0 Å². The van der Waals surface area contributed by atoms with Crippen molar-refractivity contribution in [1.29, 1.82) is 0 Å². The van der Waals surface area contributed by atoms with E-state index in [2.05, 4.69) is 16.1 Å². The van der Waals surface area contributed by atoms with Crippen molar-refractivity contribution in [2.45, 2.75) is 25.9 Å². The summed E-state index contributed by atoms with van der Waals surface area (Å²) >= 11 is 0. The Balaban J connectivity index is 1.06. The number of nitrogens with zero attached hydrogens (tertiary/aromatic N) is 5. The second kappa shape index (κ2) is 7.81. The summed E-state index contributed by atoms with van der Waals surface area (Å²) in [6, 6.07) is 7.72. The fourth-order valence-electron chi connectivity index (χ4n) is 4.70. The fourth-order valence-corrected chi connectivity index (χ4v) is 4.70. The van der Waals surface area contributed by atoms with E-state index in [1.807, 2.05) is 21.9 Å². The minimum atomic E-state index is -0.0869. The molecule has 2 fully saturated rings. The normalized spacial score (nSPS) is 20.6. The van der Waals surface area contributed by atoms with Crippen molar-refractivity contribution >= 4 is 11.8 Å². The summed E-state index contributed by atoms with van der Waals surface area (Å²) in [5.74, 6) is 2.16. The maximum atomic E-state index is 13.1. The van der Waals surface area contributed by atoms with Crippen LogP contribution in [-0.2, 0) is 13.1 Å². The van der Waals surface area contributed by atoms with E-state index in [-0.39, 0.29) is 18.6 Å². The zero-order chi connectivity index (χ0) is 21.7. The Hall–Kier alpha value is -3.07. The third-order valence-electron chi connectivity index (χ3n) is 6.77. The van der Waals surface area contributed by atoms with Gasteiger partial charge in [0.25, 0.3) is 11.8 Å². The maximum Gasteiger partial charge on any atom is 0.274 e. The quantitative estimate of drug-likeness (QED) is 0.704. The summed E-state index contributed by atoms with van der Waals surface area (Å²) in [6.45, 7) is 6.13. The zero-order valence-electron chi connectivity index (χ0n) is 18.0. The highest BCUT2D eigenvalue weighted by Gasteiger charge is 2.33. The number of benzene rings is 1. The number of aromatic nitrogens is 2. The second-order valence-electron chi connectivity index (χ2n) is 9.09. The molecule has 0 bridgehead atoms. The van der Waals surface area contributed by atoms with Crippen LogP contribution in [0.2, 0.25) is 0 Å². The minimum absolute atomic E-state index is 0.00300. The van der Waals surface area contributed by atoms with Crippen LogP contribution in [0.4, 0.5) is 0 Å². The van der Waals surface area contributed by atoms with Crippen LogP contribution in [0.5, 0.6) is 11.5 Å². The molecule has 0 radical (unpaired) electrons. The summed E-state index contributed by atoms with van der Waals surface area (Å²) in [5, 5.41) is 4.46. The number of carbonyl (C=O) groups is 2. The molecular weight excluding hydrogens is 410 g/mol. The van der Waals surface area contributed by atoms with Gasteiger partial charge in [-0.3, -0.25) is 19.2 Å². The summed E-state index contributed by atoms with van der Waals surface area (Å²) in [5.41, 5.74) is 2.10. The lowest BCUT2D eigenvalue weighted by Crippen LogP contribution is -2.48. The third kappa shape index (κ3) is 3.70. The van der Waals surface area contributed by atoms with Crippen LogP contribution in [0.15, 0.2) is 24.3 Å². The highest BCUT2D eigenvalue weighted by atomic mass is 16.7. The molecule has 0 N–H and O–H groups in total. The van der Waals surface area contributed by atoms with Gasteiger partial charge in [-0.2, -0.15) is 5.10 Å². The predicted molar refractivity (Wildman–Crippen MR) is 115 cm³/mol. The first-order valence-corrected chi connectivity index (χ1v) is 11.4. The molecule has 32 heavy (non-hydrogen) atoms. The van der Waals surface area contributed by atoms with Crippen LogP contribution in [0.3, 0.4) is 0 Å². The molecule has 2 aromatic rings. The molecule has 4 aliphatic rings. The topological polar surface area (TPSA) is 80.1 Å². The SMILES string of the molecule is O=C(c1cc2n(n1)CCN(CC1CC1)C2=O)N1CCN(Cc2ccc3c(c2)OCO3)CC1. The number of hydrogen-bond acceptors (Lipinski definition) is 6. The second-order valence-corrected chi connectivity index (χ2v) is 9.09. The molecule has 168 valence electrons. The third-order valence-corrected chi connectivity index (χ3v) is 6.77. The Morgan fingerprint density at radius 3 is 2.62 bits per heavy atom. The van der Waals surface area contributed by atoms with Crippen LogP contribution >= 0.6 is 0 Å². The minimum Gasteiger partial charge on any atom is -0.454 e. The molecule has 1 aliphatic carbocycles. The molecular formula is C23H27N5O4. The fraction of sp³-hybridized carbons (Fsp3) is 0.522. The predicted octanol–water partition coefficient (Wildman–Crippen LogP) is 1.44. The molecule has 3 aliphatic heterocycles. The Morgan fingerprint density at radius 1 is 1.00 bits per heavy atom. The monoisotopic (exact) mass is 437 g/mol. The van der Waals surface area contributed by atoms with E-state index in [4.69, 9.17) is 9.47 Å². The first-order chi connectivity index (χ1) is 15.6. The Kier molecular flexibility index (Phi) is 4.78. The first-order valence-electron chi connectivity index (χ1n) is 11.4. The van der Waals surface area contributed by atoms with Crippen LogP contribution in [0.1, 0.15) is 39.4 Å². The van der Waals surface area contributed by atoms with Crippen molar-refractivity contribution in [2.75, 3.05) is 46.1 Å². The van der Waals surface area contributed by atoms with Crippen molar-refractivity contribution in [3.63, 3.8) is 0 Å². The van der Waals surface area contributed by atoms with Crippen molar-refractivity contribution in [3.05, 3.63) is 41.2 Å². The average molecular weight is 438 g/mol. The lowest BCUT2D eigenvalue weighted by atomic mass is 10.1. The largest absolute Gasteiger partial charge is 0.454 e. The summed E-state index contributed by atoms with van der Waals surface area (Å²) in [7, 11) is 0. The van der Waals surface area contributed by atoms with Gasteiger partial charge in [-0.15, -0.1) is 0 Å². The average Bonchev–Trinajstić information content (AvgIpc) is 3.32. The van der Waals surface area contributed by atoms with Gasteiger partial charge in [0, 0.05) is 51.9 Å². The van der Waals surface area contributed by atoms with Crippen LogP contribution in [0, 0.1) is 5.92 Å². The van der Waals surface area contributed by atoms with E-state index in [1.165, 1.54) is 18.4 Å². The Morgan fingerprint density at radius 2 is 1.81 bits per heavy atom. The molecule has 1 saturated heterocycles. The van der Waals surface area contributed by atoms with Crippen molar-refractivity contribution in [3.8, 4) is 11.5 Å². The summed E-state index contributed by atoms with van der Waals surface area (Å²) in [4.78, 5) is 31.9. The molecule has 9 heteroatoms. The van der Waals surface area contributed by atoms with Gasteiger partial charge in [-0.25, -0.2) is 0 Å². The smallest absolute Gasteiger partial charge is 0.274 e. The van der Waals surface area contributed by atoms with E-state index in [9.17, 15) is 9.59 Å². The van der Waals surface area contributed by atoms with E-state index in [1.54, 1.807) is 10.7 Å².